The molecule has 2 aliphatic heterocycles. The van der Waals surface area contributed by atoms with Crippen LogP contribution >= 0.6 is 0 Å². The summed E-state index contributed by atoms with van der Waals surface area (Å²) in [5, 5.41) is 16.4. The van der Waals surface area contributed by atoms with Gasteiger partial charge >= 0.3 is 6.09 Å². The Labute approximate surface area is 195 Å². The van der Waals surface area contributed by atoms with Gasteiger partial charge in [-0.05, 0) is 29.2 Å². The van der Waals surface area contributed by atoms with Crippen LogP contribution < -0.4 is 16.0 Å². The zero-order valence-corrected chi connectivity index (χ0v) is 18.2. The number of imide groups is 1. The highest BCUT2D eigenvalue weighted by molar-refractivity contribution is 6.05. The Kier molecular flexibility index (Phi) is 6.58. The molecule has 0 saturated carbocycles. The monoisotopic (exact) mass is 464 g/mol. The molecular weight excluding hydrogens is 440 g/mol. The number of carboxylic acid groups (broad SMARTS) is 1. The number of piperidine rings is 1. The zero-order valence-electron chi connectivity index (χ0n) is 18.2. The quantitative estimate of drug-likeness (QED) is 0.449. The first-order valence-electron chi connectivity index (χ1n) is 10.9. The molecule has 4 rings (SSSR count). The predicted octanol–water partition coefficient (Wildman–Crippen LogP) is 0.943. The highest BCUT2D eigenvalue weighted by atomic mass is 16.4. The van der Waals surface area contributed by atoms with Crippen LogP contribution in [-0.2, 0) is 33.9 Å². The van der Waals surface area contributed by atoms with Gasteiger partial charge in [-0.25, -0.2) is 4.79 Å². The third-order valence-corrected chi connectivity index (χ3v) is 5.95. The van der Waals surface area contributed by atoms with Crippen molar-refractivity contribution in [2.75, 3.05) is 0 Å². The van der Waals surface area contributed by atoms with E-state index in [1.165, 1.54) is 4.90 Å². The number of amides is 5. The Balaban J connectivity index is 1.40. The van der Waals surface area contributed by atoms with E-state index < -0.39 is 30.0 Å². The number of hydrogen-bond acceptors (Lipinski definition) is 5. The lowest BCUT2D eigenvalue weighted by Gasteiger charge is -2.29. The minimum Gasteiger partial charge on any atom is -0.465 e. The first-order valence-corrected chi connectivity index (χ1v) is 10.9. The van der Waals surface area contributed by atoms with Gasteiger partial charge in [0.05, 0.1) is 0 Å². The van der Waals surface area contributed by atoms with Crippen LogP contribution in [0.5, 0.6) is 0 Å². The number of nitrogens with one attached hydrogen (secondary N) is 3. The topological polar surface area (TPSA) is 145 Å². The minimum absolute atomic E-state index is 0.144. The number of fused-ring (bicyclic) bond motifs is 1. The maximum Gasteiger partial charge on any atom is 0.405 e. The summed E-state index contributed by atoms with van der Waals surface area (Å²) in [5.41, 5.74) is 2.76. The van der Waals surface area contributed by atoms with E-state index in [0.717, 1.165) is 16.7 Å². The Bertz CT molecular complexity index is 1150. The van der Waals surface area contributed by atoms with Gasteiger partial charge in [0, 0.05) is 31.5 Å². The van der Waals surface area contributed by atoms with Crippen molar-refractivity contribution < 1.29 is 29.1 Å². The van der Waals surface area contributed by atoms with Crippen LogP contribution in [0.4, 0.5) is 4.79 Å². The van der Waals surface area contributed by atoms with Gasteiger partial charge < -0.3 is 20.6 Å². The molecule has 10 heteroatoms. The summed E-state index contributed by atoms with van der Waals surface area (Å²) in [7, 11) is 0. The van der Waals surface area contributed by atoms with Gasteiger partial charge in [-0.2, -0.15) is 0 Å². The molecule has 0 aromatic heterocycles. The second kappa shape index (κ2) is 9.74. The number of carbonyl (C=O) groups is 5. The summed E-state index contributed by atoms with van der Waals surface area (Å²) < 4.78 is 0. The minimum atomic E-state index is -1.29. The fraction of sp³-hybridized carbons (Fsp3) is 0.292. The van der Waals surface area contributed by atoms with Crippen molar-refractivity contribution in [2.45, 2.75) is 44.4 Å². The molecule has 0 aliphatic carbocycles. The molecule has 2 heterocycles. The van der Waals surface area contributed by atoms with E-state index in [-0.39, 0.29) is 44.2 Å². The summed E-state index contributed by atoms with van der Waals surface area (Å²) in [6, 6.07) is 12.6. The highest BCUT2D eigenvalue weighted by Crippen LogP contribution is 2.28. The van der Waals surface area contributed by atoms with Crippen LogP contribution in [0, 0.1) is 0 Å². The van der Waals surface area contributed by atoms with Gasteiger partial charge in [0.25, 0.3) is 5.91 Å². The second-order valence-corrected chi connectivity index (χ2v) is 8.30. The van der Waals surface area contributed by atoms with Gasteiger partial charge in [-0.1, -0.05) is 42.5 Å². The molecule has 1 fully saturated rings. The lowest BCUT2D eigenvalue weighted by Crippen LogP contribution is -2.52. The molecule has 0 spiro atoms. The van der Waals surface area contributed by atoms with Crippen molar-refractivity contribution >= 4 is 29.7 Å². The molecule has 1 saturated heterocycles. The number of benzene rings is 2. The standard InChI is InChI=1S/C24H24N4O6/c29-20-9-8-19(22(31)27-20)28-13-16-10-15(6-7-17(16)23(28)32)12-25-21(30)18(26-24(33)34)11-14-4-2-1-3-5-14/h1-7,10,18-19,26H,8-9,11-13H2,(H,25,30)(H,33,34)(H,27,29,31)/t18-,19?/m0/s1. The van der Waals surface area contributed by atoms with Gasteiger partial charge in [0.1, 0.15) is 12.1 Å². The molecule has 2 aliphatic rings. The predicted molar refractivity (Wildman–Crippen MR) is 119 cm³/mol. The van der Waals surface area contributed by atoms with E-state index in [4.69, 9.17) is 5.11 Å². The van der Waals surface area contributed by atoms with Crippen molar-refractivity contribution in [3.8, 4) is 0 Å². The lowest BCUT2D eigenvalue weighted by atomic mass is 10.0. The average Bonchev–Trinajstić information content (AvgIpc) is 3.13. The van der Waals surface area contributed by atoms with E-state index in [2.05, 4.69) is 16.0 Å². The molecule has 4 N–H and O–H groups in total. The van der Waals surface area contributed by atoms with Crippen LogP contribution in [-0.4, -0.2) is 51.8 Å². The molecule has 0 bridgehead atoms. The molecule has 0 radical (unpaired) electrons. The third-order valence-electron chi connectivity index (χ3n) is 5.95. The smallest absolute Gasteiger partial charge is 0.405 e. The first kappa shape index (κ1) is 23.0. The van der Waals surface area contributed by atoms with Crippen molar-refractivity contribution in [1.29, 1.82) is 0 Å². The number of hydrogen-bond donors (Lipinski definition) is 4. The molecule has 10 nitrogen and oxygen atoms in total. The fourth-order valence-electron chi connectivity index (χ4n) is 4.26. The Morgan fingerprint density at radius 2 is 1.85 bits per heavy atom. The van der Waals surface area contributed by atoms with E-state index in [1.807, 2.05) is 30.3 Å². The van der Waals surface area contributed by atoms with Crippen LogP contribution in [0.25, 0.3) is 0 Å². The average molecular weight is 464 g/mol. The molecule has 1 unspecified atom stereocenters. The molecule has 5 amide bonds. The van der Waals surface area contributed by atoms with Crippen LogP contribution in [0.15, 0.2) is 48.5 Å². The first-order chi connectivity index (χ1) is 16.3. The van der Waals surface area contributed by atoms with Crippen molar-refractivity contribution in [1.82, 2.24) is 20.9 Å². The van der Waals surface area contributed by atoms with Crippen molar-refractivity contribution in [3.05, 3.63) is 70.8 Å². The molecule has 176 valence electrons. The van der Waals surface area contributed by atoms with Gasteiger partial charge in [0.15, 0.2) is 0 Å². The van der Waals surface area contributed by atoms with E-state index in [9.17, 15) is 24.0 Å². The fourth-order valence-corrected chi connectivity index (χ4v) is 4.26. The van der Waals surface area contributed by atoms with Gasteiger partial charge in [0.2, 0.25) is 17.7 Å². The third kappa shape index (κ3) is 5.06. The summed E-state index contributed by atoms with van der Waals surface area (Å²) in [6.45, 7) is 0.380. The molecule has 2 aromatic rings. The lowest BCUT2D eigenvalue weighted by molar-refractivity contribution is -0.137. The van der Waals surface area contributed by atoms with Crippen LogP contribution in [0.1, 0.15) is 39.9 Å². The van der Waals surface area contributed by atoms with Crippen molar-refractivity contribution in [2.24, 2.45) is 0 Å². The SMILES string of the molecule is O=C(O)N[C@@H](Cc1ccccc1)C(=O)NCc1ccc2c(c1)CN(C1CCC(=O)NC1=O)C2=O. The number of rotatable bonds is 7. The van der Waals surface area contributed by atoms with Crippen LogP contribution in [0.3, 0.4) is 0 Å². The second-order valence-electron chi connectivity index (χ2n) is 8.30. The van der Waals surface area contributed by atoms with Gasteiger partial charge in [-0.3, -0.25) is 24.5 Å². The Hall–Kier alpha value is -4.21. The maximum absolute atomic E-state index is 12.8. The highest BCUT2D eigenvalue weighted by Gasteiger charge is 2.39. The summed E-state index contributed by atoms with van der Waals surface area (Å²) >= 11 is 0. The summed E-state index contributed by atoms with van der Waals surface area (Å²) in [6.07, 6.45) is -0.617. The Morgan fingerprint density at radius 1 is 1.09 bits per heavy atom. The number of nitrogens with zero attached hydrogens (tertiary/aromatic N) is 1. The molecule has 2 aromatic carbocycles. The van der Waals surface area contributed by atoms with E-state index in [0.29, 0.717) is 5.56 Å². The van der Waals surface area contributed by atoms with Gasteiger partial charge in [-0.15, -0.1) is 0 Å². The summed E-state index contributed by atoms with van der Waals surface area (Å²) in [5.74, 6) is -1.55. The molecule has 34 heavy (non-hydrogen) atoms. The largest absolute Gasteiger partial charge is 0.465 e. The molecular formula is C24H24N4O6. The van der Waals surface area contributed by atoms with E-state index >= 15 is 0 Å². The van der Waals surface area contributed by atoms with E-state index in [1.54, 1.807) is 18.2 Å². The Morgan fingerprint density at radius 3 is 2.56 bits per heavy atom. The van der Waals surface area contributed by atoms with Crippen molar-refractivity contribution in [3.63, 3.8) is 0 Å². The zero-order chi connectivity index (χ0) is 24.2. The molecule has 2 atom stereocenters. The summed E-state index contributed by atoms with van der Waals surface area (Å²) in [4.78, 5) is 61.7. The maximum atomic E-state index is 12.8. The number of carbonyl (C=O) groups excluding carboxylic acids is 4. The normalized spacial score (nSPS) is 18.2. The van der Waals surface area contributed by atoms with Crippen LogP contribution in [0.2, 0.25) is 0 Å².